The van der Waals surface area contributed by atoms with E-state index in [-0.39, 0.29) is 0 Å². The van der Waals surface area contributed by atoms with Crippen molar-refractivity contribution < 1.29 is 14.2 Å². The second-order valence-corrected chi connectivity index (χ2v) is 5.66. The minimum absolute atomic E-state index is 0.432. The second-order valence-electron chi connectivity index (χ2n) is 5.66. The first-order chi connectivity index (χ1) is 12.8. The van der Waals surface area contributed by atoms with Crippen LogP contribution in [0.25, 0.3) is 0 Å². The minimum Gasteiger partial charge on any atom is -0.497 e. The smallest absolute Gasteiger partial charge is 0.152 e. The highest BCUT2D eigenvalue weighted by Crippen LogP contribution is 2.27. The van der Waals surface area contributed by atoms with Crippen LogP contribution >= 0.6 is 0 Å². The quantitative estimate of drug-likeness (QED) is 0.839. The highest BCUT2D eigenvalue weighted by Gasteiger charge is 2.19. The van der Waals surface area contributed by atoms with E-state index in [1.54, 1.807) is 14.2 Å². The fraction of sp³-hybridized carbons (Fsp3) is 0.389. The van der Waals surface area contributed by atoms with E-state index in [0.717, 1.165) is 11.3 Å². The Morgan fingerprint density at radius 1 is 1.23 bits per heavy atom. The number of methoxy groups -OCH3 is 2. The predicted octanol–water partition coefficient (Wildman–Crippen LogP) is 1.81. The van der Waals surface area contributed by atoms with Gasteiger partial charge >= 0.3 is 0 Å². The Morgan fingerprint density at radius 2 is 2.04 bits per heavy atom. The molecule has 1 aromatic carbocycles. The molecule has 0 spiro atoms. The van der Waals surface area contributed by atoms with Gasteiger partial charge in [-0.05, 0) is 12.1 Å². The van der Waals surface area contributed by atoms with Gasteiger partial charge in [0.1, 0.15) is 35.3 Å². The maximum atomic E-state index is 9.63. The first-order valence-electron chi connectivity index (χ1n) is 8.29. The monoisotopic (exact) mass is 355 g/mol. The normalized spacial score (nSPS) is 13.8. The van der Waals surface area contributed by atoms with E-state index in [0.29, 0.717) is 55.8 Å². The molecule has 0 amide bonds. The van der Waals surface area contributed by atoms with E-state index >= 15 is 0 Å². The molecule has 8 heteroatoms. The summed E-state index contributed by atoms with van der Waals surface area (Å²) in [5.74, 6) is 2.56. The van der Waals surface area contributed by atoms with Crippen molar-refractivity contribution >= 4 is 11.6 Å². The van der Waals surface area contributed by atoms with E-state index in [9.17, 15) is 5.26 Å². The van der Waals surface area contributed by atoms with Crippen LogP contribution in [0, 0.1) is 11.3 Å². The van der Waals surface area contributed by atoms with Crippen molar-refractivity contribution in [3.8, 4) is 17.6 Å². The van der Waals surface area contributed by atoms with Crippen LogP contribution in [-0.4, -0.2) is 50.5 Å². The number of nitrogens with one attached hydrogen (secondary N) is 1. The zero-order chi connectivity index (χ0) is 18.4. The average Bonchev–Trinajstić information content (AvgIpc) is 2.72. The van der Waals surface area contributed by atoms with E-state index in [1.807, 2.05) is 23.1 Å². The van der Waals surface area contributed by atoms with Crippen molar-refractivity contribution in [1.82, 2.24) is 9.97 Å². The number of nitrogens with zero attached hydrogens (tertiary/aromatic N) is 4. The number of ether oxygens (including phenoxy) is 3. The van der Waals surface area contributed by atoms with Gasteiger partial charge in [0.2, 0.25) is 0 Å². The Balaban J connectivity index is 1.81. The first kappa shape index (κ1) is 17.8. The predicted molar refractivity (Wildman–Crippen MR) is 96.7 cm³/mol. The molecule has 0 aliphatic carbocycles. The maximum absolute atomic E-state index is 9.63. The Bertz CT molecular complexity index is 800. The summed E-state index contributed by atoms with van der Waals surface area (Å²) in [4.78, 5) is 10.6. The van der Waals surface area contributed by atoms with Crippen molar-refractivity contribution in [1.29, 1.82) is 5.26 Å². The highest BCUT2D eigenvalue weighted by atomic mass is 16.5. The summed E-state index contributed by atoms with van der Waals surface area (Å²) in [5, 5.41) is 12.8. The standard InChI is InChI=1S/C18H21N5O3/c1-24-14-4-3-13(16(9-14)25-2)11-20-17-15(10-19)18(22-12-21-17)23-5-7-26-8-6-23/h3-4,9,12H,5-8,11H2,1-2H3,(H,20,21,22). The molecule has 8 nitrogen and oxygen atoms in total. The Hall–Kier alpha value is -3.05. The molecule has 0 saturated carbocycles. The van der Waals surface area contributed by atoms with Crippen LogP contribution < -0.4 is 19.7 Å². The van der Waals surface area contributed by atoms with Crippen LogP contribution in [0.15, 0.2) is 24.5 Å². The van der Waals surface area contributed by atoms with Gasteiger partial charge in [-0.1, -0.05) is 0 Å². The summed E-state index contributed by atoms with van der Waals surface area (Å²) in [7, 11) is 3.22. The van der Waals surface area contributed by atoms with E-state index in [1.165, 1.54) is 6.33 Å². The molecule has 26 heavy (non-hydrogen) atoms. The number of morpholine rings is 1. The fourth-order valence-electron chi connectivity index (χ4n) is 2.81. The third-order valence-electron chi connectivity index (χ3n) is 4.19. The number of hydrogen-bond acceptors (Lipinski definition) is 8. The largest absolute Gasteiger partial charge is 0.497 e. The van der Waals surface area contributed by atoms with E-state index in [2.05, 4.69) is 21.4 Å². The third-order valence-corrected chi connectivity index (χ3v) is 4.19. The average molecular weight is 355 g/mol. The van der Waals surface area contributed by atoms with Crippen LogP contribution in [0.4, 0.5) is 11.6 Å². The lowest BCUT2D eigenvalue weighted by Crippen LogP contribution is -2.37. The highest BCUT2D eigenvalue weighted by molar-refractivity contribution is 5.65. The molecule has 3 rings (SSSR count). The van der Waals surface area contributed by atoms with E-state index < -0.39 is 0 Å². The molecule has 2 heterocycles. The van der Waals surface area contributed by atoms with Crippen LogP contribution in [0.1, 0.15) is 11.1 Å². The Morgan fingerprint density at radius 3 is 2.73 bits per heavy atom. The number of hydrogen-bond donors (Lipinski definition) is 1. The summed E-state index contributed by atoms with van der Waals surface area (Å²) >= 11 is 0. The molecule has 0 radical (unpaired) electrons. The van der Waals surface area contributed by atoms with Crippen LogP contribution in [-0.2, 0) is 11.3 Å². The lowest BCUT2D eigenvalue weighted by atomic mass is 10.2. The zero-order valence-corrected chi connectivity index (χ0v) is 14.9. The SMILES string of the molecule is COc1ccc(CNc2ncnc(N3CCOCC3)c2C#N)c(OC)c1. The zero-order valence-electron chi connectivity index (χ0n) is 14.9. The van der Waals surface area contributed by atoms with Crippen LogP contribution in [0.3, 0.4) is 0 Å². The molecule has 0 atom stereocenters. The summed E-state index contributed by atoms with van der Waals surface area (Å²) in [6.07, 6.45) is 1.47. The molecule has 0 unspecified atom stereocenters. The molecule has 1 saturated heterocycles. The molecule has 1 aromatic heterocycles. The third kappa shape index (κ3) is 3.78. The number of anilines is 2. The molecule has 2 aromatic rings. The number of rotatable bonds is 6. The lowest BCUT2D eigenvalue weighted by molar-refractivity contribution is 0.122. The van der Waals surface area contributed by atoms with Gasteiger partial charge in [-0.15, -0.1) is 0 Å². The lowest BCUT2D eigenvalue weighted by Gasteiger charge is -2.28. The van der Waals surface area contributed by atoms with Crippen molar-refractivity contribution in [2.24, 2.45) is 0 Å². The molecule has 1 aliphatic heterocycles. The van der Waals surface area contributed by atoms with Gasteiger partial charge in [-0.25, -0.2) is 9.97 Å². The Kier molecular flexibility index (Phi) is 5.71. The van der Waals surface area contributed by atoms with Gasteiger partial charge in [0.15, 0.2) is 5.82 Å². The van der Waals surface area contributed by atoms with E-state index in [4.69, 9.17) is 14.2 Å². The summed E-state index contributed by atoms with van der Waals surface area (Å²) in [6.45, 7) is 3.12. The van der Waals surface area contributed by atoms with Crippen molar-refractivity contribution in [3.63, 3.8) is 0 Å². The Labute approximate surface area is 152 Å². The van der Waals surface area contributed by atoms with Gasteiger partial charge < -0.3 is 24.4 Å². The molecule has 1 fully saturated rings. The van der Waals surface area contributed by atoms with Gasteiger partial charge in [-0.2, -0.15) is 5.26 Å². The van der Waals surface area contributed by atoms with Crippen molar-refractivity contribution in [2.45, 2.75) is 6.54 Å². The van der Waals surface area contributed by atoms with Crippen LogP contribution in [0.2, 0.25) is 0 Å². The second kappa shape index (κ2) is 8.36. The molecule has 136 valence electrons. The molecular formula is C18H21N5O3. The van der Waals surface area contributed by atoms with Crippen molar-refractivity contribution in [2.75, 3.05) is 50.7 Å². The maximum Gasteiger partial charge on any atom is 0.152 e. The number of benzene rings is 1. The molecule has 0 bridgehead atoms. The van der Waals surface area contributed by atoms with Crippen LogP contribution in [0.5, 0.6) is 11.5 Å². The summed E-state index contributed by atoms with van der Waals surface area (Å²) in [5.41, 5.74) is 1.37. The van der Waals surface area contributed by atoms with Gasteiger partial charge in [0.05, 0.1) is 27.4 Å². The number of nitriles is 1. The van der Waals surface area contributed by atoms with Gasteiger partial charge in [0, 0.05) is 31.3 Å². The fourth-order valence-corrected chi connectivity index (χ4v) is 2.81. The van der Waals surface area contributed by atoms with Gasteiger partial charge in [-0.3, -0.25) is 0 Å². The summed E-state index contributed by atoms with van der Waals surface area (Å²) < 4.78 is 16.0. The first-order valence-corrected chi connectivity index (χ1v) is 8.29. The number of aromatic nitrogens is 2. The van der Waals surface area contributed by atoms with Gasteiger partial charge in [0.25, 0.3) is 0 Å². The summed E-state index contributed by atoms with van der Waals surface area (Å²) in [6, 6.07) is 7.83. The van der Waals surface area contributed by atoms with Crippen molar-refractivity contribution in [3.05, 3.63) is 35.7 Å². The topological polar surface area (TPSA) is 92.5 Å². The molecule has 1 N–H and O–H groups in total. The molecular weight excluding hydrogens is 334 g/mol. The molecule has 1 aliphatic rings. The minimum atomic E-state index is 0.432.